The average molecular weight is 305 g/mol. The first-order chi connectivity index (χ1) is 11.2. The molecule has 5 rings (SSSR count). The van der Waals surface area contributed by atoms with Crippen molar-refractivity contribution < 1.29 is 9.90 Å². The number of anilines is 1. The summed E-state index contributed by atoms with van der Waals surface area (Å²) in [5, 5.41) is 15.9. The predicted molar refractivity (Wildman–Crippen MR) is 88.0 cm³/mol. The topological polar surface area (TPSA) is 74.0 Å². The summed E-state index contributed by atoms with van der Waals surface area (Å²) in [5.41, 5.74) is 3.07. The molecule has 0 fully saturated rings. The lowest BCUT2D eigenvalue weighted by atomic mass is 9.71. The van der Waals surface area contributed by atoms with E-state index in [1.54, 1.807) is 12.2 Å². The van der Waals surface area contributed by atoms with E-state index in [0.717, 1.165) is 47.6 Å². The van der Waals surface area contributed by atoms with Gasteiger partial charge >= 0.3 is 0 Å². The van der Waals surface area contributed by atoms with E-state index in [2.05, 4.69) is 10.3 Å². The second kappa shape index (κ2) is 4.19. The maximum absolute atomic E-state index is 11.6. The number of fused-ring (bicyclic) bond motifs is 3. The van der Waals surface area contributed by atoms with Crippen molar-refractivity contribution >= 4 is 28.9 Å². The largest absolute Gasteiger partial charge is 0.504 e. The van der Waals surface area contributed by atoms with Crippen LogP contribution in [-0.2, 0) is 10.2 Å². The molecule has 2 N–H and O–H groups in total. The number of allylic oxidation sites excluding steroid dienone is 4. The van der Waals surface area contributed by atoms with Crippen molar-refractivity contribution in [2.24, 2.45) is 9.98 Å². The Morgan fingerprint density at radius 1 is 1.26 bits per heavy atom. The molecule has 3 aliphatic heterocycles. The highest BCUT2D eigenvalue weighted by atomic mass is 16.3. The number of hydrogen-bond donors (Lipinski definition) is 2. The van der Waals surface area contributed by atoms with E-state index in [9.17, 15) is 9.90 Å². The van der Waals surface area contributed by atoms with Gasteiger partial charge in [-0.3, -0.25) is 14.8 Å². The van der Waals surface area contributed by atoms with Crippen molar-refractivity contribution in [3.05, 3.63) is 40.4 Å². The Balaban J connectivity index is 1.94. The molecule has 5 heteroatoms. The van der Waals surface area contributed by atoms with Gasteiger partial charge < -0.3 is 10.4 Å². The van der Waals surface area contributed by atoms with Gasteiger partial charge in [-0.05, 0) is 30.6 Å². The van der Waals surface area contributed by atoms with Crippen LogP contribution in [0, 0.1) is 0 Å². The highest BCUT2D eigenvalue weighted by Gasteiger charge is 2.39. The minimum Gasteiger partial charge on any atom is -0.504 e. The molecule has 0 aromatic heterocycles. The Morgan fingerprint density at radius 2 is 2.09 bits per heavy atom. The maximum Gasteiger partial charge on any atom is 0.178 e. The fourth-order valence-electron chi connectivity index (χ4n) is 4.03. The number of hydrogen-bond acceptors (Lipinski definition) is 5. The summed E-state index contributed by atoms with van der Waals surface area (Å²) >= 11 is 0. The third-order valence-electron chi connectivity index (χ3n) is 5.14. The molecule has 4 aliphatic rings. The first-order valence-corrected chi connectivity index (χ1v) is 7.87. The molecular weight excluding hydrogens is 290 g/mol. The number of aliphatic imine (C=N–C) groups is 1. The van der Waals surface area contributed by atoms with Gasteiger partial charge in [-0.1, -0.05) is 12.2 Å². The van der Waals surface area contributed by atoms with E-state index in [1.165, 1.54) is 0 Å². The molecule has 114 valence electrons. The zero-order valence-electron chi connectivity index (χ0n) is 12.5. The Bertz CT molecular complexity index is 967. The van der Waals surface area contributed by atoms with Crippen LogP contribution in [0.4, 0.5) is 11.4 Å². The van der Waals surface area contributed by atoms with Crippen molar-refractivity contribution in [1.82, 2.24) is 0 Å². The summed E-state index contributed by atoms with van der Waals surface area (Å²) in [6.45, 7) is 1.45. The summed E-state index contributed by atoms with van der Waals surface area (Å²) in [4.78, 5) is 20.8. The average Bonchev–Trinajstić information content (AvgIpc) is 3.01. The molecule has 1 aliphatic carbocycles. The summed E-state index contributed by atoms with van der Waals surface area (Å²) < 4.78 is 0. The first kappa shape index (κ1) is 12.8. The van der Waals surface area contributed by atoms with E-state index >= 15 is 0 Å². The molecule has 0 saturated heterocycles. The Kier molecular flexibility index (Phi) is 2.33. The predicted octanol–water partition coefficient (Wildman–Crippen LogP) is 1.03. The van der Waals surface area contributed by atoms with Gasteiger partial charge in [0.2, 0.25) is 0 Å². The molecule has 0 saturated carbocycles. The monoisotopic (exact) mass is 305 g/mol. The molecule has 23 heavy (non-hydrogen) atoms. The van der Waals surface area contributed by atoms with Gasteiger partial charge in [-0.15, -0.1) is 0 Å². The lowest BCUT2D eigenvalue weighted by Gasteiger charge is -2.37. The summed E-state index contributed by atoms with van der Waals surface area (Å²) in [6, 6.07) is 0. The molecule has 0 unspecified atom stereocenters. The molecular formula is C18H15N3O2. The minimum atomic E-state index is -0.384. The van der Waals surface area contributed by atoms with E-state index in [1.807, 2.05) is 18.4 Å². The van der Waals surface area contributed by atoms with Crippen LogP contribution in [0.1, 0.15) is 18.4 Å². The third-order valence-corrected chi connectivity index (χ3v) is 5.14. The van der Waals surface area contributed by atoms with Crippen molar-refractivity contribution in [3.8, 4) is 5.75 Å². The molecule has 1 aromatic rings. The highest BCUT2D eigenvalue weighted by molar-refractivity contribution is 6.08. The van der Waals surface area contributed by atoms with Crippen LogP contribution in [0.2, 0.25) is 0 Å². The standard InChI is InChI=1S/C18H15N3O2/c22-11-1-4-18(5-2-11)6-8-20-16-13(18)14-12-10(3-7-19-14)9-21-15(12)17(16)23/h1-2,4-5,9,20,23H,3,6-8H2. The normalized spacial score (nSPS) is 21.9. The Labute approximate surface area is 132 Å². The highest BCUT2D eigenvalue weighted by Crippen LogP contribution is 2.45. The maximum atomic E-state index is 11.6. The summed E-state index contributed by atoms with van der Waals surface area (Å²) in [7, 11) is 0. The SMILES string of the molecule is O=C1C=CC2(C=C1)CCNc1c(O)c3c4c(c12)=NCCC=4C=N3. The zero-order chi connectivity index (χ0) is 15.6. The molecule has 0 atom stereocenters. The minimum absolute atomic E-state index is 0.00209. The van der Waals surface area contributed by atoms with E-state index < -0.39 is 0 Å². The molecule has 1 aromatic carbocycles. The Hall–Kier alpha value is -2.69. The van der Waals surface area contributed by atoms with Crippen LogP contribution in [-0.4, -0.2) is 30.2 Å². The molecule has 0 bridgehead atoms. The number of rotatable bonds is 0. The number of benzene rings is 1. The van der Waals surface area contributed by atoms with E-state index in [0.29, 0.717) is 11.4 Å². The number of carbonyl (C=O) groups excluding carboxylic acids is 1. The van der Waals surface area contributed by atoms with Gasteiger partial charge in [0.1, 0.15) is 5.69 Å². The summed E-state index contributed by atoms with van der Waals surface area (Å²) in [5.74, 6) is 0.196. The van der Waals surface area contributed by atoms with Crippen LogP contribution in [0.5, 0.6) is 5.75 Å². The molecule has 1 spiro atoms. The number of nitrogens with one attached hydrogen (secondary N) is 1. The molecule has 0 amide bonds. The number of aromatic hydroxyl groups is 1. The number of nitrogens with zero attached hydrogens (tertiary/aromatic N) is 2. The van der Waals surface area contributed by atoms with Crippen molar-refractivity contribution in [1.29, 1.82) is 0 Å². The third kappa shape index (κ3) is 1.54. The smallest absolute Gasteiger partial charge is 0.178 e. The fourth-order valence-corrected chi connectivity index (χ4v) is 4.03. The van der Waals surface area contributed by atoms with Gasteiger partial charge in [-0.2, -0.15) is 0 Å². The zero-order valence-corrected chi connectivity index (χ0v) is 12.5. The quantitative estimate of drug-likeness (QED) is 0.703. The number of phenols is 1. The van der Waals surface area contributed by atoms with Crippen LogP contribution in [0.3, 0.4) is 0 Å². The van der Waals surface area contributed by atoms with Crippen LogP contribution in [0.15, 0.2) is 34.3 Å². The van der Waals surface area contributed by atoms with Crippen molar-refractivity contribution in [3.63, 3.8) is 0 Å². The second-order valence-corrected chi connectivity index (χ2v) is 6.37. The fraction of sp³-hybridized carbons (Fsp3) is 0.278. The molecule has 3 heterocycles. The van der Waals surface area contributed by atoms with Gasteiger partial charge in [0.25, 0.3) is 0 Å². The van der Waals surface area contributed by atoms with Gasteiger partial charge in [0.15, 0.2) is 11.5 Å². The number of carbonyl (C=O) groups is 1. The van der Waals surface area contributed by atoms with Crippen LogP contribution in [0.25, 0.3) is 5.57 Å². The number of phenolic OH excluding ortho intramolecular Hbond substituents is 1. The van der Waals surface area contributed by atoms with Gasteiger partial charge in [-0.25, -0.2) is 0 Å². The van der Waals surface area contributed by atoms with Crippen molar-refractivity contribution in [2.75, 3.05) is 18.4 Å². The lowest BCUT2D eigenvalue weighted by Crippen LogP contribution is -2.44. The van der Waals surface area contributed by atoms with Gasteiger partial charge in [0.05, 0.1) is 11.0 Å². The molecule has 5 nitrogen and oxygen atoms in total. The Morgan fingerprint density at radius 3 is 2.91 bits per heavy atom. The van der Waals surface area contributed by atoms with E-state index in [-0.39, 0.29) is 16.9 Å². The molecule has 0 radical (unpaired) electrons. The summed E-state index contributed by atoms with van der Waals surface area (Å²) in [6.07, 6.45) is 10.7. The van der Waals surface area contributed by atoms with Crippen LogP contribution < -0.4 is 15.9 Å². The lowest BCUT2D eigenvalue weighted by molar-refractivity contribution is -0.110. The second-order valence-electron chi connectivity index (χ2n) is 6.37. The van der Waals surface area contributed by atoms with Crippen LogP contribution >= 0.6 is 0 Å². The van der Waals surface area contributed by atoms with Crippen molar-refractivity contribution in [2.45, 2.75) is 18.3 Å². The first-order valence-electron chi connectivity index (χ1n) is 7.87. The van der Waals surface area contributed by atoms with E-state index in [4.69, 9.17) is 4.99 Å². The number of ketones is 1. The van der Waals surface area contributed by atoms with Gasteiger partial charge in [0, 0.05) is 35.5 Å².